The van der Waals surface area contributed by atoms with Gasteiger partial charge in [0.2, 0.25) is 0 Å². The number of ether oxygens (including phenoxy) is 1. The minimum Gasteiger partial charge on any atom is -0.367 e. The number of nitrogens with zero attached hydrogens (tertiary/aromatic N) is 4. The van der Waals surface area contributed by atoms with Crippen molar-refractivity contribution in [3.8, 4) is 0 Å². The maximum Gasteiger partial charge on any atom is 0.259 e. The van der Waals surface area contributed by atoms with Gasteiger partial charge in [0.05, 0.1) is 17.8 Å². The summed E-state index contributed by atoms with van der Waals surface area (Å²) in [6.45, 7) is 1.24. The van der Waals surface area contributed by atoms with Crippen molar-refractivity contribution in [2.24, 2.45) is 0 Å². The number of nitrogens with one attached hydrogen (secondary N) is 1. The number of likely N-dealkylation sites (tertiary alicyclic amines) is 1. The van der Waals surface area contributed by atoms with Crippen LogP contribution >= 0.6 is 0 Å². The first-order valence-electron chi connectivity index (χ1n) is 10.3. The molecule has 8 heteroatoms. The van der Waals surface area contributed by atoms with E-state index in [1.54, 1.807) is 36.8 Å². The van der Waals surface area contributed by atoms with Crippen molar-refractivity contribution in [2.45, 2.75) is 25.0 Å². The Hall–Kier alpha value is -3.52. The molecule has 3 aromatic rings. The van der Waals surface area contributed by atoms with Crippen LogP contribution in [-0.2, 0) is 9.53 Å². The summed E-state index contributed by atoms with van der Waals surface area (Å²) >= 11 is 0. The molecule has 8 nitrogen and oxygen atoms in total. The summed E-state index contributed by atoms with van der Waals surface area (Å²) in [5, 5.41) is 7.37. The third-order valence-corrected chi connectivity index (χ3v) is 5.50. The predicted molar refractivity (Wildman–Crippen MR) is 115 cm³/mol. The van der Waals surface area contributed by atoms with Gasteiger partial charge >= 0.3 is 0 Å². The van der Waals surface area contributed by atoms with E-state index in [1.807, 2.05) is 39.9 Å². The molecule has 160 valence electrons. The van der Waals surface area contributed by atoms with Gasteiger partial charge < -0.3 is 15.0 Å². The molecule has 1 aromatic carbocycles. The van der Waals surface area contributed by atoms with Crippen molar-refractivity contribution in [2.75, 3.05) is 25.5 Å². The number of amides is 2. The minimum atomic E-state index is -0.705. The molecule has 1 aliphatic rings. The van der Waals surface area contributed by atoms with E-state index in [0.717, 1.165) is 18.4 Å². The molecule has 0 spiro atoms. The molecule has 1 atom stereocenters. The second-order valence-electron chi connectivity index (χ2n) is 7.44. The number of hydrogen-bond donors (Lipinski definition) is 1. The largest absolute Gasteiger partial charge is 0.367 e. The van der Waals surface area contributed by atoms with Crippen molar-refractivity contribution in [3.63, 3.8) is 0 Å². The first kappa shape index (κ1) is 20.7. The lowest BCUT2D eigenvalue weighted by molar-refractivity contribution is -0.126. The monoisotopic (exact) mass is 419 g/mol. The van der Waals surface area contributed by atoms with Crippen molar-refractivity contribution in [1.82, 2.24) is 19.7 Å². The number of methoxy groups -OCH3 is 1. The molecule has 4 rings (SSSR count). The number of aromatic nitrogens is 3. The van der Waals surface area contributed by atoms with E-state index in [1.165, 1.54) is 7.11 Å². The van der Waals surface area contributed by atoms with Crippen molar-refractivity contribution in [1.29, 1.82) is 0 Å². The van der Waals surface area contributed by atoms with Gasteiger partial charge in [-0.2, -0.15) is 5.10 Å². The van der Waals surface area contributed by atoms with E-state index in [2.05, 4.69) is 15.4 Å². The van der Waals surface area contributed by atoms with Crippen molar-refractivity contribution >= 4 is 17.6 Å². The second-order valence-corrected chi connectivity index (χ2v) is 7.44. The molecular formula is C23H25N5O3. The van der Waals surface area contributed by atoms with Crippen molar-refractivity contribution in [3.05, 3.63) is 78.2 Å². The molecule has 0 aliphatic carbocycles. The fourth-order valence-corrected chi connectivity index (χ4v) is 3.90. The smallest absolute Gasteiger partial charge is 0.259 e. The molecule has 31 heavy (non-hydrogen) atoms. The lowest BCUT2D eigenvalue weighted by Crippen LogP contribution is -2.39. The fraction of sp³-hybridized carbons (Fsp3) is 0.304. The maximum atomic E-state index is 12.8. The van der Waals surface area contributed by atoms with Crippen LogP contribution in [0.1, 0.15) is 40.9 Å². The average molecular weight is 419 g/mol. The van der Waals surface area contributed by atoms with Crippen LogP contribution in [0.25, 0.3) is 0 Å². The Balaban J connectivity index is 1.40. The minimum absolute atomic E-state index is 0.00802. The van der Waals surface area contributed by atoms with E-state index in [9.17, 15) is 9.59 Å². The summed E-state index contributed by atoms with van der Waals surface area (Å²) in [6.07, 6.45) is 5.72. The molecule has 0 unspecified atom stereocenters. The van der Waals surface area contributed by atoms with E-state index in [0.29, 0.717) is 24.5 Å². The van der Waals surface area contributed by atoms with Gasteiger partial charge in [-0.15, -0.1) is 0 Å². The number of carbonyl (C=O) groups excluding carboxylic acids is 2. The number of anilines is 1. The standard InChI is InChI=1S/C23H25N5O3/c1-31-21(17-6-3-2-4-7-17)22(29)26-20-9-13-25-28(20)19-10-14-27(15-11-19)23(30)18-8-5-12-24-16-18/h2-9,12-13,16,19,21H,10-11,14-15H2,1H3,(H,26,29)/t21-/m0/s1. The Labute approximate surface area is 180 Å². The van der Waals surface area contributed by atoms with Gasteiger partial charge in [-0.05, 0) is 30.5 Å². The SMILES string of the molecule is CO[C@H](C(=O)Nc1ccnn1C1CCN(C(=O)c2cccnc2)CC1)c1ccccc1. The molecular weight excluding hydrogens is 394 g/mol. The molecule has 1 aliphatic heterocycles. The number of benzene rings is 1. The Bertz CT molecular complexity index is 1010. The first-order valence-corrected chi connectivity index (χ1v) is 10.3. The van der Waals surface area contributed by atoms with Gasteiger partial charge in [0, 0.05) is 38.7 Å². The van der Waals surface area contributed by atoms with Gasteiger partial charge in [-0.25, -0.2) is 4.68 Å². The highest BCUT2D eigenvalue weighted by atomic mass is 16.5. The number of piperidine rings is 1. The zero-order valence-electron chi connectivity index (χ0n) is 17.3. The summed E-state index contributed by atoms with van der Waals surface area (Å²) in [5.41, 5.74) is 1.38. The van der Waals surface area contributed by atoms with Crippen LogP contribution in [0.4, 0.5) is 5.82 Å². The molecule has 0 radical (unpaired) electrons. The highest BCUT2D eigenvalue weighted by Crippen LogP contribution is 2.27. The van der Waals surface area contributed by atoms with E-state index in [-0.39, 0.29) is 17.9 Å². The van der Waals surface area contributed by atoms with Gasteiger partial charge in [0.15, 0.2) is 6.10 Å². The van der Waals surface area contributed by atoms with E-state index >= 15 is 0 Å². The maximum absolute atomic E-state index is 12.8. The Kier molecular flexibility index (Phi) is 6.37. The zero-order valence-corrected chi connectivity index (χ0v) is 17.3. The molecule has 0 saturated carbocycles. The lowest BCUT2D eigenvalue weighted by atomic mass is 10.0. The van der Waals surface area contributed by atoms with Gasteiger partial charge in [-0.1, -0.05) is 30.3 Å². The highest BCUT2D eigenvalue weighted by molar-refractivity contribution is 5.94. The lowest BCUT2D eigenvalue weighted by Gasteiger charge is -2.32. The average Bonchev–Trinajstić information content (AvgIpc) is 3.28. The molecule has 1 N–H and O–H groups in total. The van der Waals surface area contributed by atoms with Gasteiger partial charge in [-0.3, -0.25) is 14.6 Å². The molecule has 3 heterocycles. The molecule has 0 bridgehead atoms. The Morgan fingerprint density at radius 3 is 2.52 bits per heavy atom. The summed E-state index contributed by atoms with van der Waals surface area (Å²) < 4.78 is 7.26. The summed E-state index contributed by atoms with van der Waals surface area (Å²) in [7, 11) is 1.52. The number of rotatable bonds is 6. The van der Waals surface area contributed by atoms with Crippen LogP contribution in [0.15, 0.2) is 67.1 Å². The van der Waals surface area contributed by atoms with Crippen LogP contribution in [-0.4, -0.2) is 51.7 Å². The number of hydrogen-bond acceptors (Lipinski definition) is 5. The van der Waals surface area contributed by atoms with Gasteiger partial charge in [0.1, 0.15) is 5.82 Å². The fourth-order valence-electron chi connectivity index (χ4n) is 3.90. The van der Waals surface area contributed by atoms with Crippen LogP contribution in [0, 0.1) is 0 Å². The zero-order chi connectivity index (χ0) is 21.6. The number of pyridine rings is 1. The van der Waals surface area contributed by atoms with Crippen molar-refractivity contribution < 1.29 is 14.3 Å². The molecule has 1 saturated heterocycles. The Morgan fingerprint density at radius 2 is 1.84 bits per heavy atom. The predicted octanol–water partition coefficient (Wildman–Crippen LogP) is 3.08. The number of carbonyl (C=O) groups is 2. The topological polar surface area (TPSA) is 89.4 Å². The molecule has 1 fully saturated rings. The second kappa shape index (κ2) is 9.53. The summed E-state index contributed by atoms with van der Waals surface area (Å²) in [6, 6.07) is 14.8. The third kappa shape index (κ3) is 4.64. The van der Waals surface area contributed by atoms with E-state index in [4.69, 9.17) is 4.74 Å². The quantitative estimate of drug-likeness (QED) is 0.663. The molecule has 2 amide bonds. The van der Waals surface area contributed by atoms with Crippen LogP contribution in [0.5, 0.6) is 0 Å². The summed E-state index contributed by atoms with van der Waals surface area (Å²) in [4.78, 5) is 31.3. The summed E-state index contributed by atoms with van der Waals surface area (Å²) in [5.74, 6) is 0.367. The highest BCUT2D eigenvalue weighted by Gasteiger charge is 2.27. The third-order valence-electron chi connectivity index (χ3n) is 5.50. The normalized spacial score (nSPS) is 15.5. The van der Waals surface area contributed by atoms with Crippen LogP contribution in [0.3, 0.4) is 0 Å². The van der Waals surface area contributed by atoms with E-state index < -0.39 is 6.10 Å². The molecule has 2 aromatic heterocycles. The Morgan fingerprint density at radius 1 is 1.06 bits per heavy atom. The van der Waals surface area contributed by atoms with Gasteiger partial charge in [0.25, 0.3) is 11.8 Å². The van der Waals surface area contributed by atoms with Crippen LogP contribution in [0.2, 0.25) is 0 Å². The first-order chi connectivity index (χ1) is 15.2. The van der Waals surface area contributed by atoms with Crippen LogP contribution < -0.4 is 5.32 Å².